The highest BCUT2D eigenvalue weighted by molar-refractivity contribution is 5.99. The lowest BCUT2D eigenvalue weighted by molar-refractivity contribution is 0.0747. The van der Waals surface area contributed by atoms with Gasteiger partial charge in [-0.1, -0.05) is 48.5 Å². The zero-order chi connectivity index (χ0) is 20.9. The van der Waals surface area contributed by atoms with Crippen LogP contribution in [0.4, 0.5) is 0 Å². The van der Waals surface area contributed by atoms with E-state index in [9.17, 15) is 9.59 Å². The molecule has 0 spiro atoms. The zero-order valence-corrected chi connectivity index (χ0v) is 16.9. The first kappa shape index (κ1) is 19.7. The van der Waals surface area contributed by atoms with Crippen LogP contribution in [0.25, 0.3) is 0 Å². The summed E-state index contributed by atoms with van der Waals surface area (Å²) in [7, 11) is 1.64. The van der Waals surface area contributed by atoms with Gasteiger partial charge in [0.2, 0.25) is 0 Å². The minimum absolute atomic E-state index is 0.0285. The van der Waals surface area contributed by atoms with E-state index in [4.69, 9.17) is 4.74 Å². The maximum absolute atomic E-state index is 13.1. The van der Waals surface area contributed by atoms with Crippen molar-refractivity contribution in [1.82, 2.24) is 10.2 Å². The van der Waals surface area contributed by atoms with Gasteiger partial charge in [-0.15, -0.1) is 0 Å². The van der Waals surface area contributed by atoms with Crippen molar-refractivity contribution in [2.45, 2.75) is 12.5 Å². The molecule has 0 saturated carbocycles. The summed E-state index contributed by atoms with van der Waals surface area (Å²) in [4.78, 5) is 27.2. The molecule has 1 aliphatic heterocycles. The zero-order valence-electron chi connectivity index (χ0n) is 16.9. The van der Waals surface area contributed by atoms with Crippen LogP contribution in [-0.4, -0.2) is 36.9 Å². The molecule has 3 aromatic rings. The number of carbonyl (C=O) groups excluding carboxylic acids is 2. The summed E-state index contributed by atoms with van der Waals surface area (Å²) in [5, 5.41) is 2.94. The standard InChI is InChI=1S/C25H24N2O3/c1-30-20-14-12-18(13-15-20)23-21-10-5-6-11-22(21)25(29)27(23)17-7-16-26-24(28)19-8-3-2-4-9-19/h2-6,8-15,23H,7,16-17H2,1H3,(H,26,28). The van der Waals surface area contributed by atoms with Crippen LogP contribution in [0.15, 0.2) is 78.9 Å². The van der Waals surface area contributed by atoms with E-state index in [1.54, 1.807) is 19.2 Å². The minimum atomic E-state index is -0.135. The Hall–Kier alpha value is -3.60. The van der Waals surface area contributed by atoms with Crippen LogP contribution in [-0.2, 0) is 0 Å². The fraction of sp³-hybridized carbons (Fsp3) is 0.200. The smallest absolute Gasteiger partial charge is 0.255 e. The van der Waals surface area contributed by atoms with Gasteiger partial charge < -0.3 is 15.0 Å². The number of fused-ring (bicyclic) bond motifs is 1. The molecule has 0 aromatic heterocycles. The lowest BCUT2D eigenvalue weighted by atomic mass is 9.98. The van der Waals surface area contributed by atoms with Crippen LogP contribution in [0.1, 0.15) is 44.3 Å². The lowest BCUT2D eigenvalue weighted by Gasteiger charge is -2.26. The number of nitrogens with one attached hydrogen (secondary N) is 1. The molecule has 30 heavy (non-hydrogen) atoms. The Kier molecular flexibility index (Phi) is 5.80. The van der Waals surface area contributed by atoms with Gasteiger partial charge in [-0.3, -0.25) is 9.59 Å². The van der Waals surface area contributed by atoms with E-state index in [-0.39, 0.29) is 17.9 Å². The minimum Gasteiger partial charge on any atom is -0.497 e. The third kappa shape index (κ3) is 3.92. The van der Waals surface area contributed by atoms with Crippen LogP contribution in [0.2, 0.25) is 0 Å². The monoisotopic (exact) mass is 400 g/mol. The molecule has 1 N–H and O–H groups in total. The number of hydrogen-bond donors (Lipinski definition) is 1. The predicted molar refractivity (Wildman–Crippen MR) is 116 cm³/mol. The first-order valence-electron chi connectivity index (χ1n) is 10.1. The van der Waals surface area contributed by atoms with Gasteiger partial charge in [0.1, 0.15) is 5.75 Å². The van der Waals surface area contributed by atoms with Crippen molar-refractivity contribution >= 4 is 11.8 Å². The average molecular weight is 400 g/mol. The fourth-order valence-corrected chi connectivity index (χ4v) is 3.89. The Balaban J connectivity index is 1.46. The summed E-state index contributed by atoms with van der Waals surface area (Å²) in [6, 6.07) is 24.6. The van der Waals surface area contributed by atoms with Crippen LogP contribution in [0, 0.1) is 0 Å². The van der Waals surface area contributed by atoms with E-state index in [0.29, 0.717) is 25.1 Å². The summed E-state index contributed by atoms with van der Waals surface area (Å²) in [6.45, 7) is 1.06. The second kappa shape index (κ2) is 8.82. The summed E-state index contributed by atoms with van der Waals surface area (Å²) >= 11 is 0. The number of carbonyl (C=O) groups is 2. The number of ether oxygens (including phenoxy) is 1. The van der Waals surface area contributed by atoms with Crippen molar-refractivity contribution in [3.63, 3.8) is 0 Å². The Morgan fingerprint density at radius 2 is 1.67 bits per heavy atom. The topological polar surface area (TPSA) is 58.6 Å². The van der Waals surface area contributed by atoms with E-state index >= 15 is 0 Å². The summed E-state index contributed by atoms with van der Waals surface area (Å²) in [6.07, 6.45) is 0.672. The molecule has 1 atom stereocenters. The quantitative estimate of drug-likeness (QED) is 0.609. The van der Waals surface area contributed by atoms with E-state index in [1.807, 2.05) is 71.6 Å². The van der Waals surface area contributed by atoms with Crippen molar-refractivity contribution in [1.29, 1.82) is 0 Å². The highest BCUT2D eigenvalue weighted by atomic mass is 16.5. The largest absolute Gasteiger partial charge is 0.497 e. The Morgan fingerprint density at radius 3 is 2.40 bits per heavy atom. The van der Waals surface area contributed by atoms with Crippen LogP contribution < -0.4 is 10.1 Å². The number of rotatable bonds is 7. The van der Waals surface area contributed by atoms with Gasteiger partial charge in [0, 0.05) is 24.2 Å². The SMILES string of the molecule is COc1ccc(C2c3ccccc3C(=O)N2CCCNC(=O)c2ccccc2)cc1. The first-order chi connectivity index (χ1) is 14.7. The molecule has 0 fully saturated rings. The molecule has 2 amide bonds. The summed E-state index contributed by atoms with van der Waals surface area (Å²) < 4.78 is 5.27. The van der Waals surface area contributed by atoms with Gasteiger partial charge in [-0.05, 0) is 47.9 Å². The molecule has 3 aromatic carbocycles. The number of nitrogens with zero attached hydrogens (tertiary/aromatic N) is 1. The van der Waals surface area contributed by atoms with Gasteiger partial charge >= 0.3 is 0 Å². The summed E-state index contributed by atoms with van der Waals surface area (Å²) in [5.74, 6) is 0.714. The molecule has 1 unspecified atom stereocenters. The van der Waals surface area contributed by atoms with Crippen LogP contribution >= 0.6 is 0 Å². The molecule has 5 heteroatoms. The van der Waals surface area contributed by atoms with E-state index < -0.39 is 0 Å². The van der Waals surface area contributed by atoms with Crippen molar-refractivity contribution in [3.8, 4) is 5.75 Å². The third-order valence-electron chi connectivity index (χ3n) is 5.39. The van der Waals surface area contributed by atoms with Crippen LogP contribution in [0.5, 0.6) is 5.75 Å². The number of methoxy groups -OCH3 is 1. The highest BCUT2D eigenvalue weighted by Crippen LogP contribution is 2.38. The molecular weight excluding hydrogens is 376 g/mol. The molecule has 0 saturated heterocycles. The molecular formula is C25H24N2O3. The third-order valence-corrected chi connectivity index (χ3v) is 5.39. The average Bonchev–Trinajstić information content (AvgIpc) is 3.09. The number of benzene rings is 3. The van der Waals surface area contributed by atoms with Crippen molar-refractivity contribution in [3.05, 3.63) is 101 Å². The van der Waals surface area contributed by atoms with Crippen molar-refractivity contribution < 1.29 is 14.3 Å². The molecule has 0 radical (unpaired) electrons. The van der Waals surface area contributed by atoms with E-state index in [2.05, 4.69) is 5.32 Å². The lowest BCUT2D eigenvalue weighted by Crippen LogP contribution is -2.33. The Morgan fingerprint density at radius 1 is 0.967 bits per heavy atom. The molecule has 0 aliphatic carbocycles. The maximum Gasteiger partial charge on any atom is 0.255 e. The van der Waals surface area contributed by atoms with Crippen LogP contribution in [0.3, 0.4) is 0 Å². The second-order valence-electron chi connectivity index (χ2n) is 7.24. The molecule has 152 valence electrons. The van der Waals surface area contributed by atoms with Crippen molar-refractivity contribution in [2.75, 3.05) is 20.2 Å². The molecule has 0 bridgehead atoms. The van der Waals surface area contributed by atoms with Gasteiger partial charge in [0.05, 0.1) is 13.2 Å². The van der Waals surface area contributed by atoms with Gasteiger partial charge in [-0.25, -0.2) is 0 Å². The van der Waals surface area contributed by atoms with Gasteiger partial charge in [-0.2, -0.15) is 0 Å². The predicted octanol–water partition coefficient (Wildman–Crippen LogP) is 4.06. The molecule has 1 aliphatic rings. The molecule has 5 nitrogen and oxygen atoms in total. The van der Waals surface area contributed by atoms with E-state index in [0.717, 1.165) is 22.4 Å². The Bertz CT molecular complexity index is 1030. The first-order valence-corrected chi connectivity index (χ1v) is 10.1. The maximum atomic E-state index is 13.1. The second-order valence-corrected chi connectivity index (χ2v) is 7.24. The van der Waals surface area contributed by atoms with Gasteiger partial charge in [0.25, 0.3) is 11.8 Å². The summed E-state index contributed by atoms with van der Waals surface area (Å²) in [5.41, 5.74) is 3.44. The van der Waals surface area contributed by atoms with Gasteiger partial charge in [0.15, 0.2) is 0 Å². The molecule has 4 rings (SSSR count). The van der Waals surface area contributed by atoms with Crippen molar-refractivity contribution in [2.24, 2.45) is 0 Å². The molecule has 1 heterocycles. The Labute approximate surface area is 176 Å². The van der Waals surface area contributed by atoms with E-state index in [1.165, 1.54) is 0 Å². The number of hydrogen-bond acceptors (Lipinski definition) is 3. The fourth-order valence-electron chi connectivity index (χ4n) is 3.89. The normalized spacial score (nSPS) is 15.0. The number of amides is 2. The highest BCUT2D eigenvalue weighted by Gasteiger charge is 2.36.